The van der Waals surface area contributed by atoms with E-state index in [1.807, 2.05) is 36.4 Å². The van der Waals surface area contributed by atoms with Gasteiger partial charge in [0.15, 0.2) is 0 Å². The average Bonchev–Trinajstić information content (AvgIpc) is 2.62. The lowest BCUT2D eigenvalue weighted by Crippen LogP contribution is -2.12. The Labute approximate surface area is 134 Å². The van der Waals surface area contributed by atoms with Gasteiger partial charge in [-0.1, -0.05) is 12.1 Å². The largest absolute Gasteiger partial charge is 0.497 e. The number of nitrogens with zero attached hydrogens (tertiary/aromatic N) is 1. The molecule has 0 aliphatic heterocycles. The van der Waals surface area contributed by atoms with Crippen molar-refractivity contribution in [2.24, 2.45) is 0 Å². The molecule has 0 saturated heterocycles. The van der Waals surface area contributed by atoms with Gasteiger partial charge in [-0.2, -0.15) is 0 Å². The average molecular weight is 308 g/mol. The monoisotopic (exact) mass is 308 g/mol. The zero-order valence-electron chi connectivity index (χ0n) is 12.7. The number of halogens is 1. The number of nitrogens with one attached hydrogen (secondary N) is 1. The first-order valence-electron chi connectivity index (χ1n) is 7.32. The van der Waals surface area contributed by atoms with Crippen LogP contribution in [0.15, 0.2) is 73.1 Å². The second-order valence-corrected chi connectivity index (χ2v) is 5.14. The van der Waals surface area contributed by atoms with Gasteiger partial charge in [0.2, 0.25) is 0 Å². The summed E-state index contributed by atoms with van der Waals surface area (Å²) in [7, 11) is 1.64. The molecule has 0 amide bonds. The van der Waals surface area contributed by atoms with Crippen molar-refractivity contribution in [2.75, 3.05) is 12.4 Å². The molecule has 0 saturated carbocycles. The lowest BCUT2D eigenvalue weighted by atomic mass is 9.99. The highest BCUT2D eigenvalue weighted by molar-refractivity contribution is 5.51. The molecule has 0 radical (unpaired) electrons. The Kier molecular flexibility index (Phi) is 4.52. The normalized spacial score (nSPS) is 11.7. The third kappa shape index (κ3) is 3.66. The highest BCUT2D eigenvalue weighted by Gasteiger charge is 2.14. The Balaban J connectivity index is 1.93. The van der Waals surface area contributed by atoms with Crippen LogP contribution in [0.25, 0.3) is 0 Å². The molecule has 1 atom stereocenters. The number of anilines is 1. The number of pyridine rings is 1. The van der Waals surface area contributed by atoms with E-state index in [1.54, 1.807) is 31.6 Å². The van der Waals surface area contributed by atoms with Crippen molar-refractivity contribution in [1.82, 2.24) is 4.98 Å². The number of hydrogen-bond donors (Lipinski definition) is 1. The maximum atomic E-state index is 13.2. The van der Waals surface area contributed by atoms with Crippen LogP contribution in [0.4, 0.5) is 10.1 Å². The standard InChI is InChI=1S/C19H17FN2O/c1-23-18-8-6-17(7-9-18)22-19(15-10-12-21-13-11-15)14-2-4-16(20)5-3-14/h2-13,19,22H,1H3. The first-order valence-corrected chi connectivity index (χ1v) is 7.32. The summed E-state index contributed by atoms with van der Waals surface area (Å²) in [6.45, 7) is 0. The summed E-state index contributed by atoms with van der Waals surface area (Å²) in [4.78, 5) is 4.06. The molecule has 2 aromatic carbocycles. The first-order chi connectivity index (χ1) is 11.3. The van der Waals surface area contributed by atoms with E-state index in [-0.39, 0.29) is 11.9 Å². The van der Waals surface area contributed by atoms with Crippen molar-refractivity contribution >= 4 is 5.69 Å². The number of benzene rings is 2. The second kappa shape index (κ2) is 6.92. The number of rotatable bonds is 5. The van der Waals surface area contributed by atoms with Gasteiger partial charge in [0, 0.05) is 18.1 Å². The van der Waals surface area contributed by atoms with Gasteiger partial charge in [0.05, 0.1) is 13.2 Å². The van der Waals surface area contributed by atoms with Crippen LogP contribution in [-0.2, 0) is 0 Å². The lowest BCUT2D eigenvalue weighted by molar-refractivity contribution is 0.415. The van der Waals surface area contributed by atoms with Crippen LogP contribution in [0, 0.1) is 5.82 Å². The quantitative estimate of drug-likeness (QED) is 0.757. The fourth-order valence-corrected chi connectivity index (χ4v) is 2.42. The Morgan fingerprint density at radius 2 is 1.48 bits per heavy atom. The molecule has 0 spiro atoms. The third-order valence-electron chi connectivity index (χ3n) is 3.64. The Bertz CT molecular complexity index is 743. The molecular formula is C19H17FN2O. The van der Waals surface area contributed by atoms with Crippen LogP contribution in [0.2, 0.25) is 0 Å². The first kappa shape index (κ1) is 15.0. The van der Waals surface area contributed by atoms with Crippen molar-refractivity contribution in [1.29, 1.82) is 0 Å². The van der Waals surface area contributed by atoms with E-state index in [4.69, 9.17) is 4.74 Å². The van der Waals surface area contributed by atoms with Gasteiger partial charge in [0.1, 0.15) is 11.6 Å². The molecule has 3 rings (SSSR count). The van der Waals surface area contributed by atoms with E-state index >= 15 is 0 Å². The molecule has 116 valence electrons. The molecule has 1 heterocycles. The molecule has 23 heavy (non-hydrogen) atoms. The molecule has 4 heteroatoms. The minimum absolute atomic E-state index is 0.0907. The summed E-state index contributed by atoms with van der Waals surface area (Å²) in [5.41, 5.74) is 2.99. The van der Waals surface area contributed by atoms with Gasteiger partial charge >= 0.3 is 0 Å². The molecule has 3 aromatic rings. The van der Waals surface area contributed by atoms with Crippen LogP contribution in [-0.4, -0.2) is 12.1 Å². The van der Waals surface area contributed by atoms with Crippen LogP contribution in [0.3, 0.4) is 0 Å². The van der Waals surface area contributed by atoms with Gasteiger partial charge in [0.25, 0.3) is 0 Å². The molecular weight excluding hydrogens is 291 g/mol. The molecule has 0 fully saturated rings. The SMILES string of the molecule is COc1ccc(NC(c2ccncc2)c2ccc(F)cc2)cc1. The molecule has 1 N–H and O–H groups in total. The predicted molar refractivity (Wildman–Crippen MR) is 89.1 cm³/mol. The maximum Gasteiger partial charge on any atom is 0.123 e. The molecule has 0 aliphatic carbocycles. The smallest absolute Gasteiger partial charge is 0.123 e. The molecule has 1 unspecified atom stereocenters. The van der Waals surface area contributed by atoms with Crippen LogP contribution >= 0.6 is 0 Å². The van der Waals surface area contributed by atoms with Crippen LogP contribution in [0.5, 0.6) is 5.75 Å². The number of aromatic nitrogens is 1. The predicted octanol–water partition coefficient (Wildman–Crippen LogP) is 4.43. The topological polar surface area (TPSA) is 34.1 Å². The van der Waals surface area contributed by atoms with Gasteiger partial charge < -0.3 is 10.1 Å². The third-order valence-corrected chi connectivity index (χ3v) is 3.64. The fourth-order valence-electron chi connectivity index (χ4n) is 2.42. The summed E-state index contributed by atoms with van der Waals surface area (Å²) < 4.78 is 18.4. The molecule has 0 aliphatic rings. The highest BCUT2D eigenvalue weighted by atomic mass is 19.1. The van der Waals surface area contributed by atoms with Crippen molar-refractivity contribution in [3.63, 3.8) is 0 Å². The number of methoxy groups -OCH3 is 1. The van der Waals surface area contributed by atoms with E-state index in [0.717, 1.165) is 22.6 Å². The van der Waals surface area contributed by atoms with Gasteiger partial charge in [-0.25, -0.2) is 4.39 Å². The van der Waals surface area contributed by atoms with Gasteiger partial charge in [-0.05, 0) is 59.7 Å². The minimum Gasteiger partial charge on any atom is -0.497 e. The molecule has 0 bridgehead atoms. The fraction of sp³-hybridized carbons (Fsp3) is 0.105. The zero-order valence-corrected chi connectivity index (χ0v) is 12.7. The van der Waals surface area contributed by atoms with Crippen molar-refractivity contribution in [3.05, 3.63) is 90.0 Å². The Morgan fingerprint density at radius 3 is 2.09 bits per heavy atom. The highest BCUT2D eigenvalue weighted by Crippen LogP contribution is 2.27. The molecule has 1 aromatic heterocycles. The van der Waals surface area contributed by atoms with E-state index in [1.165, 1.54) is 12.1 Å². The van der Waals surface area contributed by atoms with E-state index in [2.05, 4.69) is 10.3 Å². The summed E-state index contributed by atoms with van der Waals surface area (Å²) >= 11 is 0. The second-order valence-electron chi connectivity index (χ2n) is 5.14. The summed E-state index contributed by atoms with van der Waals surface area (Å²) in [5.74, 6) is 0.560. The lowest BCUT2D eigenvalue weighted by Gasteiger charge is -2.21. The van der Waals surface area contributed by atoms with Gasteiger partial charge in [-0.3, -0.25) is 4.98 Å². The van der Waals surface area contributed by atoms with E-state index < -0.39 is 0 Å². The van der Waals surface area contributed by atoms with Gasteiger partial charge in [-0.15, -0.1) is 0 Å². The zero-order chi connectivity index (χ0) is 16.1. The van der Waals surface area contributed by atoms with Crippen LogP contribution in [0.1, 0.15) is 17.2 Å². The number of hydrogen-bond acceptors (Lipinski definition) is 3. The summed E-state index contributed by atoms with van der Waals surface area (Å²) in [6, 6.07) is 18.0. The van der Waals surface area contributed by atoms with Crippen molar-refractivity contribution < 1.29 is 9.13 Å². The maximum absolute atomic E-state index is 13.2. The van der Waals surface area contributed by atoms with E-state index in [0.29, 0.717) is 0 Å². The van der Waals surface area contributed by atoms with Crippen molar-refractivity contribution in [3.8, 4) is 5.75 Å². The van der Waals surface area contributed by atoms with Crippen molar-refractivity contribution in [2.45, 2.75) is 6.04 Å². The molecule has 3 nitrogen and oxygen atoms in total. The number of ether oxygens (including phenoxy) is 1. The van der Waals surface area contributed by atoms with Crippen LogP contribution < -0.4 is 10.1 Å². The Morgan fingerprint density at radius 1 is 0.870 bits per heavy atom. The summed E-state index contributed by atoms with van der Waals surface area (Å²) in [5, 5.41) is 3.48. The summed E-state index contributed by atoms with van der Waals surface area (Å²) in [6.07, 6.45) is 3.50. The van der Waals surface area contributed by atoms with E-state index in [9.17, 15) is 4.39 Å². The minimum atomic E-state index is -0.244. The Hall–Kier alpha value is -2.88.